The van der Waals surface area contributed by atoms with Gasteiger partial charge < -0.3 is 14.5 Å². The summed E-state index contributed by atoms with van der Waals surface area (Å²) in [6.07, 6.45) is 0.734. The number of nitrogens with one attached hydrogen (secondary N) is 1. The van der Waals surface area contributed by atoms with Gasteiger partial charge in [0.2, 0.25) is 5.88 Å². The summed E-state index contributed by atoms with van der Waals surface area (Å²) in [5, 5.41) is 13.8. The molecular weight excluding hydrogens is 314 g/mol. The van der Waals surface area contributed by atoms with Crippen molar-refractivity contribution < 1.29 is 9.53 Å². The van der Waals surface area contributed by atoms with Crippen LogP contribution in [0, 0.1) is 0 Å². The molecule has 1 atom stereocenters. The van der Waals surface area contributed by atoms with Gasteiger partial charge in [0.15, 0.2) is 5.82 Å². The van der Waals surface area contributed by atoms with Crippen LogP contribution >= 0.6 is 11.3 Å². The van der Waals surface area contributed by atoms with Crippen molar-refractivity contribution in [1.29, 1.82) is 0 Å². The zero-order chi connectivity index (χ0) is 16.2. The van der Waals surface area contributed by atoms with E-state index in [1.54, 1.807) is 11.0 Å². The molecule has 0 bridgehead atoms. The number of amides is 2. The second-order valence-electron chi connectivity index (χ2n) is 5.51. The Kier molecular flexibility index (Phi) is 4.61. The van der Waals surface area contributed by atoms with Crippen LogP contribution in [0.5, 0.6) is 5.88 Å². The summed E-state index contributed by atoms with van der Waals surface area (Å²) < 4.78 is 5.81. The quantitative estimate of drug-likeness (QED) is 0.929. The zero-order valence-corrected chi connectivity index (χ0v) is 13.9. The first-order valence-corrected chi connectivity index (χ1v) is 8.27. The van der Waals surface area contributed by atoms with Gasteiger partial charge >= 0.3 is 6.03 Å². The van der Waals surface area contributed by atoms with Crippen molar-refractivity contribution in [2.75, 3.05) is 37.4 Å². The molecule has 0 unspecified atom stereocenters. The van der Waals surface area contributed by atoms with Crippen LogP contribution in [0.1, 0.15) is 6.42 Å². The molecule has 1 fully saturated rings. The van der Waals surface area contributed by atoms with Gasteiger partial charge in [-0.25, -0.2) is 4.79 Å². The van der Waals surface area contributed by atoms with E-state index in [2.05, 4.69) is 15.5 Å². The number of anilines is 2. The van der Waals surface area contributed by atoms with Crippen molar-refractivity contribution in [2.45, 2.75) is 12.5 Å². The maximum atomic E-state index is 12.2. The highest BCUT2D eigenvalue weighted by Crippen LogP contribution is 2.20. The first kappa shape index (κ1) is 15.5. The smallest absolute Gasteiger partial charge is 0.322 e. The molecule has 7 nitrogen and oxygen atoms in total. The monoisotopic (exact) mass is 333 g/mol. The minimum Gasteiger partial charge on any atom is -0.471 e. The SMILES string of the molecule is CN(C)c1ccc(O[C@@H]2CCN(C(=O)Nc3cccs3)C2)nn1. The Morgan fingerprint density at radius 3 is 2.91 bits per heavy atom. The highest BCUT2D eigenvalue weighted by atomic mass is 32.1. The van der Waals surface area contributed by atoms with Gasteiger partial charge in [-0.1, -0.05) is 0 Å². The largest absolute Gasteiger partial charge is 0.471 e. The van der Waals surface area contributed by atoms with Crippen LogP contribution in [0.3, 0.4) is 0 Å². The number of hydrogen-bond acceptors (Lipinski definition) is 6. The van der Waals surface area contributed by atoms with Crippen molar-refractivity contribution in [1.82, 2.24) is 15.1 Å². The molecule has 1 saturated heterocycles. The molecule has 122 valence electrons. The van der Waals surface area contributed by atoms with Gasteiger partial charge in [-0.2, -0.15) is 0 Å². The summed E-state index contributed by atoms with van der Waals surface area (Å²) in [7, 11) is 3.82. The number of ether oxygens (including phenoxy) is 1. The lowest BCUT2D eigenvalue weighted by Gasteiger charge is -2.17. The lowest BCUT2D eigenvalue weighted by atomic mass is 10.3. The summed E-state index contributed by atoms with van der Waals surface area (Å²) in [6.45, 7) is 1.22. The Hall–Kier alpha value is -2.35. The van der Waals surface area contributed by atoms with Crippen LogP contribution in [0.15, 0.2) is 29.6 Å². The van der Waals surface area contributed by atoms with E-state index in [0.717, 1.165) is 17.2 Å². The van der Waals surface area contributed by atoms with Gasteiger partial charge in [0.1, 0.15) is 6.10 Å². The molecule has 0 aliphatic carbocycles. The number of thiophene rings is 1. The van der Waals surface area contributed by atoms with Gasteiger partial charge in [-0.15, -0.1) is 21.5 Å². The van der Waals surface area contributed by atoms with Crippen LogP contribution in [0.4, 0.5) is 15.6 Å². The first-order valence-electron chi connectivity index (χ1n) is 7.39. The summed E-state index contributed by atoms with van der Waals surface area (Å²) in [4.78, 5) is 15.8. The van der Waals surface area contributed by atoms with Crippen molar-refractivity contribution in [3.05, 3.63) is 29.6 Å². The molecule has 2 amide bonds. The summed E-state index contributed by atoms with van der Waals surface area (Å²) in [5.74, 6) is 1.27. The zero-order valence-electron chi connectivity index (χ0n) is 13.1. The number of rotatable bonds is 4. The number of urea groups is 1. The van der Waals surface area contributed by atoms with E-state index in [1.807, 2.05) is 42.6 Å². The lowest BCUT2D eigenvalue weighted by molar-refractivity contribution is 0.188. The van der Waals surface area contributed by atoms with E-state index in [9.17, 15) is 4.79 Å². The molecule has 23 heavy (non-hydrogen) atoms. The van der Waals surface area contributed by atoms with E-state index in [-0.39, 0.29) is 12.1 Å². The number of carbonyl (C=O) groups excluding carboxylic acids is 1. The molecule has 3 heterocycles. The molecule has 8 heteroatoms. The predicted molar refractivity (Wildman–Crippen MR) is 90.3 cm³/mol. The van der Waals surface area contributed by atoms with Gasteiger partial charge in [0, 0.05) is 33.1 Å². The van der Waals surface area contributed by atoms with Gasteiger partial charge in [-0.3, -0.25) is 5.32 Å². The fourth-order valence-corrected chi connectivity index (χ4v) is 2.94. The van der Waals surface area contributed by atoms with Crippen molar-refractivity contribution in [2.24, 2.45) is 0 Å². The van der Waals surface area contributed by atoms with Crippen molar-refractivity contribution in [3.8, 4) is 5.88 Å². The Morgan fingerprint density at radius 1 is 1.39 bits per heavy atom. The Bertz CT molecular complexity index is 644. The second-order valence-corrected chi connectivity index (χ2v) is 6.45. The van der Waals surface area contributed by atoms with E-state index >= 15 is 0 Å². The Balaban J connectivity index is 1.52. The molecule has 3 rings (SSSR count). The minimum atomic E-state index is -0.0902. The minimum absolute atomic E-state index is 0.0522. The molecule has 1 N–H and O–H groups in total. The maximum absolute atomic E-state index is 12.2. The molecule has 2 aromatic rings. The van der Waals surface area contributed by atoms with E-state index in [0.29, 0.717) is 19.0 Å². The molecule has 0 radical (unpaired) electrons. The highest BCUT2D eigenvalue weighted by Gasteiger charge is 2.28. The third-order valence-electron chi connectivity index (χ3n) is 3.56. The third kappa shape index (κ3) is 3.89. The highest BCUT2D eigenvalue weighted by molar-refractivity contribution is 7.14. The van der Waals surface area contributed by atoms with Crippen LogP contribution in [0.25, 0.3) is 0 Å². The molecule has 0 spiro atoms. The predicted octanol–water partition coefficient (Wildman–Crippen LogP) is 2.29. The molecule has 0 saturated carbocycles. The van der Waals surface area contributed by atoms with Crippen molar-refractivity contribution in [3.63, 3.8) is 0 Å². The topological polar surface area (TPSA) is 70.6 Å². The van der Waals surface area contributed by atoms with Gasteiger partial charge in [-0.05, 0) is 23.6 Å². The summed E-state index contributed by atoms with van der Waals surface area (Å²) in [5.41, 5.74) is 0. The molecule has 2 aromatic heterocycles. The number of hydrogen-bond donors (Lipinski definition) is 1. The number of aromatic nitrogens is 2. The molecule has 1 aliphatic rings. The average molecular weight is 333 g/mol. The summed E-state index contributed by atoms with van der Waals surface area (Å²) >= 11 is 1.50. The van der Waals surface area contributed by atoms with Crippen LogP contribution in [-0.2, 0) is 0 Å². The average Bonchev–Trinajstić information content (AvgIpc) is 3.19. The Labute approximate surface area is 138 Å². The molecule has 1 aliphatic heterocycles. The van der Waals surface area contributed by atoms with Crippen LogP contribution in [-0.4, -0.2) is 54.4 Å². The van der Waals surface area contributed by atoms with Gasteiger partial charge in [0.25, 0.3) is 0 Å². The standard InChI is InChI=1S/C15H19N5O2S/c1-19(2)12-5-6-13(18-17-12)22-11-7-8-20(10-11)15(21)16-14-4-3-9-23-14/h3-6,9,11H,7-8,10H2,1-2H3,(H,16,21)/t11-/m1/s1. The fourth-order valence-electron chi connectivity index (χ4n) is 2.33. The van der Waals surface area contributed by atoms with Gasteiger partial charge in [0.05, 0.1) is 11.5 Å². The van der Waals surface area contributed by atoms with Crippen molar-refractivity contribution >= 4 is 28.2 Å². The number of carbonyl (C=O) groups is 1. The maximum Gasteiger partial charge on any atom is 0.322 e. The van der Waals surface area contributed by atoms with Crippen LogP contribution < -0.4 is 15.0 Å². The van der Waals surface area contributed by atoms with E-state index < -0.39 is 0 Å². The molecular formula is C15H19N5O2S. The van der Waals surface area contributed by atoms with E-state index in [4.69, 9.17) is 4.74 Å². The lowest BCUT2D eigenvalue weighted by Crippen LogP contribution is -2.34. The normalized spacial score (nSPS) is 17.1. The third-order valence-corrected chi connectivity index (χ3v) is 4.34. The fraction of sp³-hybridized carbons (Fsp3) is 0.400. The molecule has 0 aromatic carbocycles. The Morgan fingerprint density at radius 2 is 2.26 bits per heavy atom. The van der Waals surface area contributed by atoms with E-state index in [1.165, 1.54) is 11.3 Å². The van der Waals surface area contributed by atoms with Crippen LogP contribution in [0.2, 0.25) is 0 Å². The summed E-state index contributed by atoms with van der Waals surface area (Å²) in [6, 6.07) is 7.36. The second kappa shape index (κ2) is 6.82. The first-order chi connectivity index (χ1) is 11.1. The number of likely N-dealkylation sites (tertiary alicyclic amines) is 1. The number of nitrogens with zero attached hydrogens (tertiary/aromatic N) is 4.